The van der Waals surface area contributed by atoms with Crippen LogP contribution in [-0.4, -0.2) is 52.8 Å². The molecule has 0 radical (unpaired) electrons. The average molecular weight is 409 g/mol. The number of benzene rings is 1. The van der Waals surface area contributed by atoms with Crippen molar-refractivity contribution in [2.45, 2.75) is 19.8 Å². The van der Waals surface area contributed by atoms with Crippen LogP contribution in [0.25, 0.3) is 5.82 Å². The zero-order valence-electron chi connectivity index (χ0n) is 16.9. The fraction of sp³-hybridized carbons (Fsp3) is 0.333. The summed E-state index contributed by atoms with van der Waals surface area (Å²) in [5.41, 5.74) is 2.36. The van der Waals surface area contributed by atoms with Crippen molar-refractivity contribution in [3.8, 4) is 23.2 Å². The third-order valence-electron chi connectivity index (χ3n) is 4.81. The molecular formula is C21H23N5O4. The van der Waals surface area contributed by atoms with Crippen molar-refractivity contribution in [1.29, 1.82) is 0 Å². The normalized spacial score (nSPS) is 12.5. The lowest BCUT2D eigenvalue weighted by molar-refractivity contribution is 0.0953. The number of amides is 1. The second-order valence-corrected chi connectivity index (χ2v) is 6.69. The second-order valence-electron chi connectivity index (χ2n) is 6.69. The Kier molecular flexibility index (Phi) is 5.78. The lowest BCUT2D eigenvalue weighted by Gasteiger charge is -2.18. The maximum Gasteiger partial charge on any atom is 0.254 e. The van der Waals surface area contributed by atoms with E-state index < -0.39 is 0 Å². The van der Waals surface area contributed by atoms with Crippen molar-refractivity contribution in [1.82, 2.24) is 25.3 Å². The van der Waals surface area contributed by atoms with Crippen molar-refractivity contribution in [2.75, 3.05) is 26.9 Å². The zero-order chi connectivity index (χ0) is 20.9. The lowest BCUT2D eigenvalue weighted by atomic mass is 10.1. The van der Waals surface area contributed by atoms with E-state index in [1.54, 1.807) is 23.0 Å². The van der Waals surface area contributed by atoms with E-state index in [1.807, 2.05) is 25.1 Å². The maximum atomic E-state index is 12.7. The number of carbonyl (C=O) groups excluding carboxylic acids is 1. The SMILES string of the molecule is CCc1c(C(=O)NCCc2ccc3c(c2)OCCO3)cnn1-c1ccc(OC)nn1. The molecule has 9 heteroatoms. The Morgan fingerprint density at radius 2 is 2.00 bits per heavy atom. The zero-order valence-corrected chi connectivity index (χ0v) is 16.9. The van der Waals surface area contributed by atoms with Gasteiger partial charge < -0.3 is 19.5 Å². The number of carbonyl (C=O) groups is 1. The molecule has 3 aromatic rings. The van der Waals surface area contributed by atoms with Crippen LogP contribution in [0.1, 0.15) is 28.5 Å². The average Bonchev–Trinajstić information content (AvgIpc) is 3.23. The largest absolute Gasteiger partial charge is 0.486 e. The number of ether oxygens (including phenoxy) is 3. The van der Waals surface area contributed by atoms with Gasteiger partial charge in [-0.2, -0.15) is 5.10 Å². The third-order valence-corrected chi connectivity index (χ3v) is 4.81. The number of hydrogen-bond donors (Lipinski definition) is 1. The first-order valence-corrected chi connectivity index (χ1v) is 9.81. The minimum Gasteiger partial charge on any atom is -0.486 e. The third kappa shape index (κ3) is 4.05. The highest BCUT2D eigenvalue weighted by Crippen LogP contribution is 2.30. The van der Waals surface area contributed by atoms with Crippen LogP contribution in [0.2, 0.25) is 0 Å². The van der Waals surface area contributed by atoms with Crippen LogP contribution in [-0.2, 0) is 12.8 Å². The number of hydrogen-bond acceptors (Lipinski definition) is 7. The van der Waals surface area contributed by atoms with Crippen LogP contribution in [0.4, 0.5) is 0 Å². The van der Waals surface area contributed by atoms with Gasteiger partial charge in [0.1, 0.15) is 13.2 Å². The van der Waals surface area contributed by atoms with Gasteiger partial charge in [0.25, 0.3) is 5.91 Å². The highest BCUT2D eigenvalue weighted by molar-refractivity contribution is 5.95. The van der Waals surface area contributed by atoms with Crippen molar-refractivity contribution >= 4 is 5.91 Å². The molecule has 156 valence electrons. The predicted molar refractivity (Wildman–Crippen MR) is 109 cm³/mol. The van der Waals surface area contributed by atoms with Gasteiger partial charge in [0, 0.05) is 12.6 Å². The van der Waals surface area contributed by atoms with E-state index in [2.05, 4.69) is 20.6 Å². The molecule has 0 fully saturated rings. The Hall–Kier alpha value is -3.62. The fourth-order valence-electron chi connectivity index (χ4n) is 3.29. The van der Waals surface area contributed by atoms with Gasteiger partial charge in [-0.1, -0.05) is 13.0 Å². The molecule has 1 aliphatic heterocycles. The Bertz CT molecular complexity index is 1030. The molecule has 2 aromatic heterocycles. The lowest BCUT2D eigenvalue weighted by Crippen LogP contribution is -2.26. The van der Waals surface area contributed by atoms with E-state index in [-0.39, 0.29) is 5.91 Å². The summed E-state index contributed by atoms with van der Waals surface area (Å²) >= 11 is 0. The topological polar surface area (TPSA) is 100 Å². The number of fused-ring (bicyclic) bond motifs is 1. The first-order chi connectivity index (χ1) is 14.7. The van der Waals surface area contributed by atoms with Crippen molar-refractivity contribution in [2.24, 2.45) is 0 Å². The summed E-state index contributed by atoms with van der Waals surface area (Å²) in [7, 11) is 1.53. The molecule has 0 saturated heterocycles. The van der Waals surface area contributed by atoms with E-state index in [0.717, 1.165) is 22.8 Å². The molecule has 9 nitrogen and oxygen atoms in total. The van der Waals surface area contributed by atoms with Gasteiger partial charge in [-0.15, -0.1) is 10.2 Å². The molecular weight excluding hydrogens is 386 g/mol. The van der Waals surface area contributed by atoms with Gasteiger partial charge in [-0.05, 0) is 36.6 Å². The van der Waals surface area contributed by atoms with Crippen molar-refractivity contribution in [3.63, 3.8) is 0 Å². The predicted octanol–water partition coefficient (Wildman–Crippen LogP) is 1.98. The second kappa shape index (κ2) is 8.81. The monoisotopic (exact) mass is 409 g/mol. The van der Waals surface area contributed by atoms with Crippen LogP contribution in [0.5, 0.6) is 17.4 Å². The maximum absolute atomic E-state index is 12.7. The summed E-state index contributed by atoms with van der Waals surface area (Å²) in [6, 6.07) is 9.30. The Labute approximate surface area is 174 Å². The van der Waals surface area contributed by atoms with E-state index in [9.17, 15) is 4.79 Å². The summed E-state index contributed by atoms with van der Waals surface area (Å²) in [5, 5.41) is 15.4. The van der Waals surface area contributed by atoms with Gasteiger partial charge in [-0.25, -0.2) is 4.68 Å². The molecule has 3 heterocycles. The Morgan fingerprint density at radius 1 is 1.17 bits per heavy atom. The van der Waals surface area contributed by atoms with Crippen LogP contribution in [0.15, 0.2) is 36.5 Å². The molecule has 30 heavy (non-hydrogen) atoms. The molecule has 0 atom stereocenters. The van der Waals surface area contributed by atoms with Crippen LogP contribution < -0.4 is 19.5 Å². The molecule has 1 N–H and O–H groups in total. The van der Waals surface area contributed by atoms with Crippen LogP contribution >= 0.6 is 0 Å². The van der Waals surface area contributed by atoms with Gasteiger partial charge in [-0.3, -0.25) is 4.79 Å². The Balaban J connectivity index is 1.41. The summed E-state index contributed by atoms with van der Waals surface area (Å²) in [6.45, 7) is 3.58. The van der Waals surface area contributed by atoms with Gasteiger partial charge in [0.2, 0.25) is 5.88 Å². The number of nitrogens with zero attached hydrogens (tertiary/aromatic N) is 4. The highest BCUT2D eigenvalue weighted by atomic mass is 16.6. The standard InChI is InChI=1S/C21H23N5O4/c1-3-16-15(13-23-26(16)19-6-7-20(28-2)25-24-19)21(27)22-9-8-14-4-5-17-18(12-14)30-11-10-29-17/h4-7,12-13H,3,8-11H2,1-2H3,(H,22,27). The molecule has 4 rings (SSSR count). The van der Waals surface area contributed by atoms with Gasteiger partial charge in [0.05, 0.1) is 24.6 Å². The molecule has 0 saturated carbocycles. The summed E-state index contributed by atoms with van der Waals surface area (Å²) < 4.78 is 17.8. The summed E-state index contributed by atoms with van der Waals surface area (Å²) in [4.78, 5) is 12.7. The van der Waals surface area contributed by atoms with E-state index in [4.69, 9.17) is 14.2 Å². The fourth-order valence-corrected chi connectivity index (χ4v) is 3.29. The Morgan fingerprint density at radius 3 is 2.73 bits per heavy atom. The van der Waals surface area contributed by atoms with Crippen LogP contribution in [0.3, 0.4) is 0 Å². The van der Waals surface area contributed by atoms with Crippen molar-refractivity contribution in [3.05, 3.63) is 53.3 Å². The smallest absolute Gasteiger partial charge is 0.254 e. The summed E-state index contributed by atoms with van der Waals surface area (Å²) in [5.74, 6) is 2.29. The van der Waals surface area contributed by atoms with Crippen LogP contribution in [0, 0.1) is 0 Å². The number of nitrogens with one attached hydrogen (secondary N) is 1. The van der Waals surface area contributed by atoms with Gasteiger partial charge >= 0.3 is 0 Å². The first kappa shape index (κ1) is 19.7. The molecule has 0 bridgehead atoms. The van der Waals surface area contributed by atoms with Gasteiger partial charge in [0.15, 0.2) is 17.3 Å². The quantitative estimate of drug-likeness (QED) is 0.637. The van der Waals surface area contributed by atoms with E-state index in [0.29, 0.717) is 49.9 Å². The van der Waals surface area contributed by atoms with E-state index in [1.165, 1.54) is 7.11 Å². The number of rotatable bonds is 7. The van der Waals surface area contributed by atoms with E-state index >= 15 is 0 Å². The minimum absolute atomic E-state index is 0.169. The number of aromatic nitrogens is 4. The molecule has 0 spiro atoms. The summed E-state index contributed by atoms with van der Waals surface area (Å²) in [6.07, 6.45) is 2.87. The molecule has 1 aliphatic rings. The molecule has 1 amide bonds. The highest BCUT2D eigenvalue weighted by Gasteiger charge is 2.18. The first-order valence-electron chi connectivity index (χ1n) is 9.81. The number of methoxy groups -OCH3 is 1. The van der Waals surface area contributed by atoms with Crippen molar-refractivity contribution < 1.29 is 19.0 Å². The minimum atomic E-state index is -0.169. The molecule has 0 unspecified atom stereocenters. The molecule has 0 aliphatic carbocycles. The molecule has 1 aromatic carbocycles.